The number of anilines is 1. The maximum Gasteiger partial charge on any atom is 0.257 e. The fourth-order valence-electron chi connectivity index (χ4n) is 3.48. The van der Waals surface area contributed by atoms with E-state index in [1.807, 2.05) is 17.5 Å². The summed E-state index contributed by atoms with van der Waals surface area (Å²) in [4.78, 5) is 17.3. The SMILES string of the molecule is COc1ccc(-c2csc(NC(=O)c3ccc(S(=O)(=O)N4CCCC4)cc3)n2)cc1OC. The van der Waals surface area contributed by atoms with Crippen LogP contribution in [-0.4, -0.2) is 50.9 Å². The van der Waals surface area contributed by atoms with Crippen LogP contribution in [0.2, 0.25) is 0 Å². The minimum atomic E-state index is -3.51. The fraction of sp³-hybridized carbons (Fsp3) is 0.273. The topological polar surface area (TPSA) is 97.8 Å². The number of rotatable bonds is 7. The zero-order valence-corrected chi connectivity index (χ0v) is 19.3. The second kappa shape index (κ2) is 9.27. The van der Waals surface area contributed by atoms with Crippen molar-refractivity contribution in [2.45, 2.75) is 17.7 Å². The molecule has 0 spiro atoms. The number of methoxy groups -OCH3 is 2. The first-order chi connectivity index (χ1) is 15.4. The molecule has 168 valence electrons. The number of hydrogen-bond acceptors (Lipinski definition) is 7. The molecule has 0 bridgehead atoms. The Hall–Kier alpha value is -2.95. The van der Waals surface area contributed by atoms with Gasteiger partial charge in [0.05, 0.1) is 24.8 Å². The molecule has 1 aliphatic rings. The molecule has 0 aliphatic carbocycles. The Morgan fingerprint density at radius 1 is 1.03 bits per heavy atom. The molecule has 2 heterocycles. The number of thiazole rings is 1. The molecule has 10 heteroatoms. The first kappa shape index (κ1) is 22.3. The van der Waals surface area contributed by atoms with E-state index in [4.69, 9.17) is 9.47 Å². The smallest absolute Gasteiger partial charge is 0.257 e. The molecule has 1 saturated heterocycles. The fourth-order valence-corrected chi connectivity index (χ4v) is 5.72. The molecule has 0 radical (unpaired) electrons. The molecule has 2 aromatic carbocycles. The molecule has 32 heavy (non-hydrogen) atoms. The van der Waals surface area contributed by atoms with E-state index in [1.165, 1.54) is 39.9 Å². The lowest BCUT2D eigenvalue weighted by Gasteiger charge is -2.15. The summed E-state index contributed by atoms with van der Waals surface area (Å²) in [5.41, 5.74) is 1.88. The maximum absolute atomic E-state index is 12.6. The van der Waals surface area contributed by atoms with Crippen LogP contribution in [0.5, 0.6) is 11.5 Å². The summed E-state index contributed by atoms with van der Waals surface area (Å²) in [5, 5.41) is 5.04. The van der Waals surface area contributed by atoms with E-state index in [0.717, 1.165) is 18.4 Å². The Balaban J connectivity index is 1.46. The van der Waals surface area contributed by atoms with Crippen molar-refractivity contribution in [2.24, 2.45) is 0 Å². The lowest BCUT2D eigenvalue weighted by atomic mass is 10.1. The van der Waals surface area contributed by atoms with Crippen LogP contribution in [-0.2, 0) is 10.0 Å². The lowest BCUT2D eigenvalue weighted by Crippen LogP contribution is -2.27. The highest BCUT2D eigenvalue weighted by molar-refractivity contribution is 7.89. The van der Waals surface area contributed by atoms with Crippen molar-refractivity contribution in [3.63, 3.8) is 0 Å². The Morgan fingerprint density at radius 3 is 2.38 bits per heavy atom. The standard InChI is InChI=1S/C22H23N3O5S2/c1-29-19-10-7-16(13-20(19)30-2)18-14-31-22(23-18)24-21(26)15-5-8-17(9-6-15)32(27,28)25-11-3-4-12-25/h5-10,13-14H,3-4,11-12H2,1-2H3,(H,23,24,26). The van der Waals surface area contributed by atoms with E-state index in [1.54, 1.807) is 20.3 Å². The van der Waals surface area contributed by atoms with Crippen molar-refractivity contribution in [3.8, 4) is 22.8 Å². The average molecular weight is 474 g/mol. The van der Waals surface area contributed by atoms with Gasteiger partial charge in [0.2, 0.25) is 10.0 Å². The van der Waals surface area contributed by atoms with Crippen molar-refractivity contribution < 1.29 is 22.7 Å². The van der Waals surface area contributed by atoms with E-state index < -0.39 is 10.0 Å². The zero-order chi connectivity index (χ0) is 22.7. The van der Waals surface area contributed by atoms with Crippen molar-refractivity contribution in [1.82, 2.24) is 9.29 Å². The molecule has 1 aliphatic heterocycles. The predicted octanol–water partition coefficient (Wildman–Crippen LogP) is 3.86. The predicted molar refractivity (Wildman–Crippen MR) is 123 cm³/mol. The van der Waals surface area contributed by atoms with Gasteiger partial charge in [-0.25, -0.2) is 13.4 Å². The molecule has 4 rings (SSSR count). The van der Waals surface area contributed by atoms with Gasteiger partial charge in [0, 0.05) is 29.6 Å². The van der Waals surface area contributed by atoms with Gasteiger partial charge in [0.15, 0.2) is 16.6 Å². The van der Waals surface area contributed by atoms with Gasteiger partial charge in [-0.2, -0.15) is 4.31 Å². The molecule has 0 unspecified atom stereocenters. The van der Waals surface area contributed by atoms with Crippen LogP contribution in [0.25, 0.3) is 11.3 Å². The van der Waals surface area contributed by atoms with Gasteiger partial charge in [-0.3, -0.25) is 10.1 Å². The minimum absolute atomic E-state index is 0.195. The van der Waals surface area contributed by atoms with Crippen molar-refractivity contribution in [2.75, 3.05) is 32.6 Å². The molecule has 1 N–H and O–H groups in total. The van der Waals surface area contributed by atoms with Gasteiger partial charge >= 0.3 is 0 Å². The zero-order valence-electron chi connectivity index (χ0n) is 17.7. The number of ether oxygens (including phenoxy) is 2. The van der Waals surface area contributed by atoms with Crippen LogP contribution in [0.4, 0.5) is 5.13 Å². The van der Waals surface area contributed by atoms with E-state index >= 15 is 0 Å². The van der Waals surface area contributed by atoms with Gasteiger partial charge < -0.3 is 9.47 Å². The maximum atomic E-state index is 12.6. The van der Waals surface area contributed by atoms with E-state index in [9.17, 15) is 13.2 Å². The summed E-state index contributed by atoms with van der Waals surface area (Å²) in [6.45, 7) is 1.08. The molecule has 0 atom stereocenters. The first-order valence-electron chi connectivity index (χ1n) is 10.0. The summed E-state index contributed by atoms with van der Waals surface area (Å²) >= 11 is 1.30. The monoisotopic (exact) mass is 473 g/mol. The van der Waals surface area contributed by atoms with E-state index in [-0.39, 0.29) is 10.8 Å². The highest BCUT2D eigenvalue weighted by Gasteiger charge is 2.27. The summed E-state index contributed by atoms with van der Waals surface area (Å²) in [5.74, 6) is 0.853. The molecule has 0 saturated carbocycles. The number of benzene rings is 2. The van der Waals surface area contributed by atoms with Gasteiger partial charge in [0.1, 0.15) is 0 Å². The molecule has 8 nitrogen and oxygen atoms in total. The van der Waals surface area contributed by atoms with Gasteiger partial charge in [0.25, 0.3) is 5.91 Å². The molecule has 1 aromatic heterocycles. The number of carbonyl (C=O) groups excluding carboxylic acids is 1. The summed E-state index contributed by atoms with van der Waals surface area (Å²) in [6.07, 6.45) is 1.75. The highest BCUT2D eigenvalue weighted by atomic mass is 32.2. The molecule has 3 aromatic rings. The normalized spacial score (nSPS) is 14.3. The van der Waals surface area contributed by atoms with Crippen LogP contribution in [0.3, 0.4) is 0 Å². The number of carbonyl (C=O) groups is 1. The Kier molecular flexibility index (Phi) is 6.45. The largest absolute Gasteiger partial charge is 0.493 e. The minimum Gasteiger partial charge on any atom is -0.493 e. The van der Waals surface area contributed by atoms with Gasteiger partial charge in [-0.05, 0) is 55.3 Å². The highest BCUT2D eigenvalue weighted by Crippen LogP contribution is 2.33. The Labute approximate surface area is 190 Å². The van der Waals surface area contributed by atoms with E-state index in [2.05, 4.69) is 10.3 Å². The van der Waals surface area contributed by atoms with Crippen LogP contribution in [0.15, 0.2) is 52.7 Å². The summed E-state index contributed by atoms with van der Waals surface area (Å²) in [7, 11) is -0.369. The van der Waals surface area contributed by atoms with Crippen LogP contribution < -0.4 is 14.8 Å². The number of hydrogen-bond donors (Lipinski definition) is 1. The Bertz CT molecular complexity index is 1220. The lowest BCUT2D eigenvalue weighted by molar-refractivity contribution is 0.102. The third-order valence-corrected chi connectivity index (χ3v) is 7.89. The number of aromatic nitrogens is 1. The second-order valence-corrected chi connectivity index (χ2v) is 9.99. The third-order valence-electron chi connectivity index (χ3n) is 5.22. The van der Waals surface area contributed by atoms with Crippen LogP contribution in [0, 0.1) is 0 Å². The van der Waals surface area contributed by atoms with Crippen molar-refractivity contribution in [3.05, 3.63) is 53.4 Å². The van der Waals surface area contributed by atoms with Crippen molar-refractivity contribution in [1.29, 1.82) is 0 Å². The van der Waals surface area contributed by atoms with Crippen LogP contribution >= 0.6 is 11.3 Å². The van der Waals surface area contributed by atoms with Gasteiger partial charge in [-0.15, -0.1) is 11.3 Å². The molecule has 1 fully saturated rings. The first-order valence-corrected chi connectivity index (χ1v) is 12.3. The average Bonchev–Trinajstić information content (AvgIpc) is 3.51. The second-order valence-electron chi connectivity index (χ2n) is 7.20. The van der Waals surface area contributed by atoms with E-state index in [0.29, 0.717) is 41.0 Å². The molecular weight excluding hydrogens is 450 g/mol. The quantitative estimate of drug-likeness (QED) is 0.560. The number of amides is 1. The van der Waals surface area contributed by atoms with Gasteiger partial charge in [-0.1, -0.05) is 0 Å². The molecule has 1 amide bonds. The Morgan fingerprint density at radius 2 is 1.72 bits per heavy atom. The third kappa shape index (κ3) is 4.47. The summed E-state index contributed by atoms with van der Waals surface area (Å²) in [6, 6.07) is 11.4. The van der Waals surface area contributed by atoms with Crippen LogP contribution in [0.1, 0.15) is 23.2 Å². The summed E-state index contributed by atoms with van der Waals surface area (Å²) < 4.78 is 37.3. The van der Waals surface area contributed by atoms with Crippen molar-refractivity contribution >= 4 is 32.4 Å². The number of nitrogens with zero attached hydrogens (tertiary/aromatic N) is 2. The number of sulfonamides is 1. The molecular formula is C22H23N3O5S2. The number of nitrogens with one attached hydrogen (secondary N) is 1.